The molecule has 0 saturated carbocycles. The molecule has 3 aromatic rings. The lowest BCUT2D eigenvalue weighted by Gasteiger charge is -2.06. The highest BCUT2D eigenvalue weighted by atomic mass is 32.1. The first-order chi connectivity index (χ1) is 14.1. The molecule has 3 aromatic heterocycles. The summed E-state index contributed by atoms with van der Waals surface area (Å²) >= 11 is 4.93. The number of amides is 1. The molecule has 0 aromatic carbocycles. The van der Waals surface area contributed by atoms with Crippen LogP contribution in [0, 0.1) is 6.92 Å². The molecule has 0 bridgehead atoms. The Morgan fingerprint density at radius 2 is 2.07 bits per heavy atom. The quantitative estimate of drug-likeness (QED) is 0.336. The summed E-state index contributed by atoms with van der Waals surface area (Å²) in [5.74, 6) is -0.638. The summed E-state index contributed by atoms with van der Waals surface area (Å²) < 4.78 is 5.02. The third kappa shape index (κ3) is 7.26. The van der Waals surface area contributed by atoms with Gasteiger partial charge in [0, 0.05) is 34.6 Å². The highest BCUT2D eigenvalue weighted by Crippen LogP contribution is 2.30. The topological polar surface area (TPSA) is 80.3 Å². The van der Waals surface area contributed by atoms with Crippen LogP contribution in [0.25, 0.3) is 10.6 Å². The molecule has 0 aliphatic heterocycles. The van der Waals surface area contributed by atoms with E-state index in [1.807, 2.05) is 22.9 Å². The van der Waals surface area contributed by atoms with E-state index in [4.69, 9.17) is 4.74 Å². The summed E-state index contributed by atoms with van der Waals surface area (Å²) in [6.45, 7) is 3.01. The third-order valence-corrected chi connectivity index (χ3v) is 6.73. The zero-order valence-electron chi connectivity index (χ0n) is 16.1. The first kappa shape index (κ1) is 21.5. The lowest BCUT2D eigenvalue weighted by molar-refractivity contribution is -0.148. The van der Waals surface area contributed by atoms with Crippen LogP contribution in [-0.4, -0.2) is 36.6 Å². The van der Waals surface area contributed by atoms with Gasteiger partial charge in [-0.15, -0.1) is 34.0 Å². The van der Waals surface area contributed by atoms with E-state index >= 15 is 0 Å². The number of carbonyl (C=O) groups excluding carboxylic acids is 2. The molecule has 0 aliphatic carbocycles. The Bertz CT molecular complexity index is 918. The predicted octanol–water partition coefficient (Wildman–Crippen LogP) is 4.34. The van der Waals surface area contributed by atoms with E-state index in [1.54, 1.807) is 34.0 Å². The number of aromatic nitrogens is 1. The van der Waals surface area contributed by atoms with Crippen LogP contribution in [-0.2, 0) is 20.7 Å². The van der Waals surface area contributed by atoms with E-state index in [-0.39, 0.29) is 24.9 Å². The lowest BCUT2D eigenvalue weighted by atomic mass is 10.3. The predicted molar refractivity (Wildman–Crippen MR) is 120 cm³/mol. The number of rotatable bonds is 11. The number of thiazole rings is 1. The van der Waals surface area contributed by atoms with Gasteiger partial charge in [0.2, 0.25) is 0 Å². The van der Waals surface area contributed by atoms with Crippen molar-refractivity contribution in [1.29, 1.82) is 0 Å². The molecule has 3 heterocycles. The molecule has 154 valence electrons. The first-order valence-electron chi connectivity index (χ1n) is 9.31. The molecule has 0 unspecified atom stereocenters. The van der Waals surface area contributed by atoms with Gasteiger partial charge in [0.05, 0.1) is 10.6 Å². The highest BCUT2D eigenvalue weighted by Gasteiger charge is 2.09. The van der Waals surface area contributed by atoms with Crippen LogP contribution in [0.4, 0.5) is 5.13 Å². The van der Waals surface area contributed by atoms with Crippen molar-refractivity contribution in [1.82, 2.24) is 10.3 Å². The maximum Gasteiger partial charge on any atom is 0.306 e. The zero-order chi connectivity index (χ0) is 20.5. The van der Waals surface area contributed by atoms with Gasteiger partial charge in [-0.25, -0.2) is 4.98 Å². The molecule has 0 spiro atoms. The molecule has 3 rings (SSSR count). The Kier molecular flexibility index (Phi) is 8.21. The Balaban J connectivity index is 1.25. The fourth-order valence-electron chi connectivity index (χ4n) is 2.52. The van der Waals surface area contributed by atoms with Gasteiger partial charge >= 0.3 is 5.97 Å². The normalized spacial score (nSPS) is 10.7. The van der Waals surface area contributed by atoms with Crippen molar-refractivity contribution >= 4 is 51.0 Å². The number of thiophene rings is 2. The van der Waals surface area contributed by atoms with Crippen LogP contribution in [0.3, 0.4) is 0 Å². The van der Waals surface area contributed by atoms with Crippen molar-refractivity contribution in [3.8, 4) is 10.6 Å². The van der Waals surface area contributed by atoms with Crippen molar-refractivity contribution in [3.05, 3.63) is 44.8 Å². The van der Waals surface area contributed by atoms with Crippen LogP contribution < -0.4 is 10.6 Å². The molecule has 1 amide bonds. The van der Waals surface area contributed by atoms with Gasteiger partial charge in [-0.1, -0.05) is 6.07 Å². The van der Waals surface area contributed by atoms with Gasteiger partial charge < -0.3 is 15.4 Å². The maximum absolute atomic E-state index is 11.8. The number of nitrogens with one attached hydrogen (secondary N) is 2. The standard InChI is InChI=1S/C20H23N3O3S3/c1-14-6-7-17(29-14)16-13-28-20(23-16)22-9-2-5-19(25)26-12-18(24)21-10-8-15-4-3-11-27-15/h3-4,6-7,11,13H,2,5,8-10,12H2,1H3,(H,21,24)(H,22,23). The molecule has 29 heavy (non-hydrogen) atoms. The first-order valence-corrected chi connectivity index (χ1v) is 11.9. The number of anilines is 1. The molecule has 0 aliphatic rings. The molecular weight excluding hydrogens is 426 g/mol. The van der Waals surface area contributed by atoms with Crippen LogP contribution in [0.15, 0.2) is 35.0 Å². The minimum absolute atomic E-state index is 0.229. The second kappa shape index (κ2) is 11.1. The number of carbonyl (C=O) groups is 2. The monoisotopic (exact) mass is 449 g/mol. The fourth-order valence-corrected chi connectivity index (χ4v) is 4.87. The van der Waals surface area contributed by atoms with Crippen molar-refractivity contribution in [2.24, 2.45) is 0 Å². The molecule has 0 fully saturated rings. The van der Waals surface area contributed by atoms with Crippen LogP contribution in [0.1, 0.15) is 22.6 Å². The Morgan fingerprint density at radius 3 is 2.83 bits per heavy atom. The minimum atomic E-state index is -0.367. The Morgan fingerprint density at radius 1 is 1.17 bits per heavy atom. The van der Waals surface area contributed by atoms with Crippen LogP contribution in [0.5, 0.6) is 0 Å². The summed E-state index contributed by atoms with van der Waals surface area (Å²) in [6.07, 6.45) is 1.66. The van der Waals surface area contributed by atoms with E-state index in [2.05, 4.69) is 34.7 Å². The number of hydrogen-bond acceptors (Lipinski definition) is 8. The van der Waals surface area contributed by atoms with Gasteiger partial charge in [0.25, 0.3) is 5.91 Å². The molecule has 9 heteroatoms. The van der Waals surface area contributed by atoms with E-state index in [0.717, 1.165) is 22.1 Å². The summed E-state index contributed by atoms with van der Waals surface area (Å²) in [5.41, 5.74) is 0.972. The van der Waals surface area contributed by atoms with Gasteiger partial charge in [0.1, 0.15) is 0 Å². The second-order valence-corrected chi connectivity index (χ2v) is 9.50. The van der Waals surface area contributed by atoms with Crippen molar-refractivity contribution in [2.75, 3.05) is 25.0 Å². The van der Waals surface area contributed by atoms with Crippen LogP contribution >= 0.6 is 34.0 Å². The van der Waals surface area contributed by atoms with Crippen molar-refractivity contribution in [2.45, 2.75) is 26.2 Å². The third-order valence-electron chi connectivity index (χ3n) is 3.97. The van der Waals surface area contributed by atoms with Gasteiger partial charge in [0.15, 0.2) is 11.7 Å². The fraction of sp³-hybridized carbons (Fsp3) is 0.350. The number of hydrogen-bond donors (Lipinski definition) is 2. The maximum atomic E-state index is 11.8. The van der Waals surface area contributed by atoms with Gasteiger partial charge in [-0.05, 0) is 43.3 Å². The van der Waals surface area contributed by atoms with E-state index < -0.39 is 0 Å². The molecule has 6 nitrogen and oxygen atoms in total. The van der Waals surface area contributed by atoms with Gasteiger partial charge in [-0.2, -0.15) is 0 Å². The highest BCUT2D eigenvalue weighted by molar-refractivity contribution is 7.17. The molecule has 0 saturated heterocycles. The molecule has 2 N–H and O–H groups in total. The largest absolute Gasteiger partial charge is 0.456 e. The molecular formula is C20H23N3O3S3. The smallest absolute Gasteiger partial charge is 0.306 e. The lowest BCUT2D eigenvalue weighted by Crippen LogP contribution is -2.30. The summed E-state index contributed by atoms with van der Waals surface area (Å²) in [4.78, 5) is 31.7. The molecule has 0 atom stereocenters. The average Bonchev–Trinajstić information content (AvgIpc) is 3.45. The Labute approximate surface area is 182 Å². The van der Waals surface area contributed by atoms with Crippen LogP contribution in [0.2, 0.25) is 0 Å². The molecule has 0 radical (unpaired) electrons. The van der Waals surface area contributed by atoms with E-state index in [1.165, 1.54) is 9.75 Å². The SMILES string of the molecule is Cc1ccc(-c2csc(NCCCC(=O)OCC(=O)NCCc3cccs3)n2)s1. The average molecular weight is 450 g/mol. The zero-order valence-corrected chi connectivity index (χ0v) is 18.6. The number of aryl methyl sites for hydroxylation is 1. The number of ether oxygens (including phenoxy) is 1. The Hall–Kier alpha value is -2.23. The second-order valence-electron chi connectivity index (χ2n) is 6.32. The van der Waals surface area contributed by atoms with Crippen molar-refractivity contribution in [3.63, 3.8) is 0 Å². The van der Waals surface area contributed by atoms with Crippen molar-refractivity contribution < 1.29 is 14.3 Å². The van der Waals surface area contributed by atoms with Gasteiger partial charge in [-0.3, -0.25) is 9.59 Å². The number of nitrogens with zero attached hydrogens (tertiary/aromatic N) is 1. The number of esters is 1. The van der Waals surface area contributed by atoms with E-state index in [9.17, 15) is 9.59 Å². The summed E-state index contributed by atoms with van der Waals surface area (Å²) in [7, 11) is 0. The van der Waals surface area contributed by atoms with E-state index in [0.29, 0.717) is 19.5 Å². The summed E-state index contributed by atoms with van der Waals surface area (Å²) in [5, 5.41) is 10.9. The minimum Gasteiger partial charge on any atom is -0.456 e. The summed E-state index contributed by atoms with van der Waals surface area (Å²) in [6, 6.07) is 8.17.